The first-order chi connectivity index (χ1) is 8.76. The molecule has 0 aliphatic heterocycles. The Labute approximate surface area is 108 Å². The molecule has 4 heteroatoms. The molecule has 0 spiro atoms. The second kappa shape index (κ2) is 8.31. The summed E-state index contributed by atoms with van der Waals surface area (Å²) < 4.78 is 5.33. The van der Waals surface area contributed by atoms with E-state index >= 15 is 0 Å². The summed E-state index contributed by atoms with van der Waals surface area (Å²) in [5.41, 5.74) is 0.784. The third kappa shape index (κ3) is 5.50. The highest BCUT2D eigenvalue weighted by Crippen LogP contribution is 2.15. The molecule has 0 atom stereocenters. The van der Waals surface area contributed by atoms with E-state index in [4.69, 9.17) is 4.74 Å². The van der Waals surface area contributed by atoms with Gasteiger partial charge in [-0.15, -0.1) is 6.58 Å². The maximum atomic E-state index is 11.6. The fourth-order valence-electron chi connectivity index (χ4n) is 1.43. The number of rotatable bonds is 8. The van der Waals surface area contributed by atoms with E-state index in [2.05, 4.69) is 17.2 Å². The van der Waals surface area contributed by atoms with Gasteiger partial charge in [-0.3, -0.25) is 4.79 Å². The first kappa shape index (κ1) is 14.3. The molecular weight excluding hydrogens is 228 g/mol. The average molecular weight is 248 g/mol. The van der Waals surface area contributed by atoms with Gasteiger partial charge in [-0.05, 0) is 31.2 Å². The van der Waals surface area contributed by atoms with Gasteiger partial charge in [0, 0.05) is 25.2 Å². The van der Waals surface area contributed by atoms with E-state index in [0.717, 1.165) is 18.0 Å². The highest BCUT2D eigenvalue weighted by atomic mass is 16.5. The molecule has 0 saturated carbocycles. The Morgan fingerprint density at radius 1 is 1.39 bits per heavy atom. The van der Waals surface area contributed by atoms with Crippen molar-refractivity contribution in [3.8, 4) is 5.75 Å². The van der Waals surface area contributed by atoms with Crippen LogP contribution < -0.4 is 15.4 Å². The minimum Gasteiger partial charge on any atom is -0.494 e. The SMILES string of the molecule is C=CCNCCC(=O)Nc1ccc(OCC)cc1. The molecule has 1 rings (SSSR count). The normalized spacial score (nSPS) is 9.83. The lowest BCUT2D eigenvalue weighted by Gasteiger charge is -2.07. The molecule has 0 radical (unpaired) electrons. The highest BCUT2D eigenvalue weighted by molar-refractivity contribution is 5.90. The molecule has 0 aliphatic rings. The molecular formula is C14H20N2O2. The van der Waals surface area contributed by atoms with Crippen molar-refractivity contribution < 1.29 is 9.53 Å². The van der Waals surface area contributed by atoms with Gasteiger partial charge in [-0.25, -0.2) is 0 Å². The number of hydrogen-bond acceptors (Lipinski definition) is 3. The maximum absolute atomic E-state index is 11.6. The average Bonchev–Trinajstić information content (AvgIpc) is 2.37. The Morgan fingerprint density at radius 3 is 2.72 bits per heavy atom. The minimum absolute atomic E-state index is 0.00396. The van der Waals surface area contributed by atoms with Crippen molar-refractivity contribution in [2.24, 2.45) is 0 Å². The third-order valence-electron chi connectivity index (χ3n) is 2.27. The standard InChI is InChI=1S/C14H20N2O2/c1-3-10-15-11-9-14(17)16-12-5-7-13(8-6-12)18-4-2/h3,5-8,15H,1,4,9-11H2,2H3,(H,16,17). The largest absolute Gasteiger partial charge is 0.494 e. The molecule has 0 bridgehead atoms. The topological polar surface area (TPSA) is 50.4 Å². The Kier molecular flexibility index (Phi) is 6.58. The van der Waals surface area contributed by atoms with Crippen LogP contribution in [0, 0.1) is 0 Å². The van der Waals surface area contributed by atoms with Crippen LogP contribution in [0.2, 0.25) is 0 Å². The van der Waals surface area contributed by atoms with Gasteiger partial charge in [0.25, 0.3) is 0 Å². The van der Waals surface area contributed by atoms with Crippen molar-refractivity contribution in [2.75, 3.05) is 25.0 Å². The van der Waals surface area contributed by atoms with E-state index in [1.165, 1.54) is 0 Å². The molecule has 0 aromatic heterocycles. The molecule has 1 aromatic carbocycles. The van der Waals surface area contributed by atoms with Crippen LogP contribution in [0.3, 0.4) is 0 Å². The van der Waals surface area contributed by atoms with E-state index in [9.17, 15) is 4.79 Å². The van der Waals surface area contributed by atoms with Crippen LogP contribution in [-0.2, 0) is 4.79 Å². The summed E-state index contributed by atoms with van der Waals surface area (Å²) in [4.78, 5) is 11.6. The lowest BCUT2D eigenvalue weighted by atomic mass is 10.3. The van der Waals surface area contributed by atoms with Crippen molar-refractivity contribution in [1.82, 2.24) is 5.32 Å². The number of carbonyl (C=O) groups is 1. The molecule has 1 aromatic rings. The van der Waals surface area contributed by atoms with Crippen LogP contribution in [0.25, 0.3) is 0 Å². The summed E-state index contributed by atoms with van der Waals surface area (Å²) in [7, 11) is 0. The van der Waals surface area contributed by atoms with E-state index in [-0.39, 0.29) is 5.91 Å². The van der Waals surface area contributed by atoms with Gasteiger partial charge < -0.3 is 15.4 Å². The fraction of sp³-hybridized carbons (Fsp3) is 0.357. The van der Waals surface area contributed by atoms with Crippen LogP contribution in [0.1, 0.15) is 13.3 Å². The van der Waals surface area contributed by atoms with Gasteiger partial charge >= 0.3 is 0 Å². The van der Waals surface area contributed by atoms with Crippen molar-refractivity contribution in [3.05, 3.63) is 36.9 Å². The molecule has 0 aliphatic carbocycles. The van der Waals surface area contributed by atoms with Crippen molar-refractivity contribution in [2.45, 2.75) is 13.3 Å². The zero-order valence-electron chi connectivity index (χ0n) is 10.7. The molecule has 98 valence electrons. The van der Waals surface area contributed by atoms with Crippen molar-refractivity contribution >= 4 is 11.6 Å². The zero-order valence-corrected chi connectivity index (χ0v) is 10.7. The van der Waals surface area contributed by atoms with E-state index < -0.39 is 0 Å². The number of amides is 1. The Balaban J connectivity index is 2.32. The number of carbonyl (C=O) groups excluding carboxylic acids is 1. The van der Waals surface area contributed by atoms with Gasteiger partial charge in [0.15, 0.2) is 0 Å². The van der Waals surface area contributed by atoms with Crippen LogP contribution in [0.15, 0.2) is 36.9 Å². The van der Waals surface area contributed by atoms with E-state index in [1.54, 1.807) is 6.08 Å². The Bertz CT molecular complexity index is 374. The number of hydrogen-bond donors (Lipinski definition) is 2. The summed E-state index contributed by atoms with van der Waals surface area (Å²) in [5.74, 6) is 0.805. The monoisotopic (exact) mass is 248 g/mol. The van der Waals surface area contributed by atoms with Crippen LogP contribution in [-0.4, -0.2) is 25.6 Å². The summed E-state index contributed by atoms with van der Waals surface area (Å²) in [5, 5.41) is 5.91. The molecule has 0 heterocycles. The smallest absolute Gasteiger partial charge is 0.225 e. The predicted octanol–water partition coefficient (Wildman–Crippen LogP) is 2.19. The zero-order chi connectivity index (χ0) is 13.2. The fourth-order valence-corrected chi connectivity index (χ4v) is 1.43. The lowest BCUT2D eigenvalue weighted by Crippen LogP contribution is -2.21. The molecule has 0 saturated heterocycles. The highest BCUT2D eigenvalue weighted by Gasteiger charge is 2.01. The summed E-state index contributed by atoms with van der Waals surface area (Å²) in [6.07, 6.45) is 2.21. The maximum Gasteiger partial charge on any atom is 0.225 e. The number of ether oxygens (including phenoxy) is 1. The number of nitrogens with one attached hydrogen (secondary N) is 2. The predicted molar refractivity (Wildman–Crippen MR) is 73.9 cm³/mol. The Morgan fingerprint density at radius 2 is 2.11 bits per heavy atom. The van der Waals surface area contributed by atoms with Gasteiger partial charge in [0.1, 0.15) is 5.75 Å². The van der Waals surface area contributed by atoms with Crippen LogP contribution in [0.4, 0.5) is 5.69 Å². The first-order valence-corrected chi connectivity index (χ1v) is 6.10. The minimum atomic E-state index is -0.00396. The van der Waals surface area contributed by atoms with Gasteiger partial charge in [-0.2, -0.15) is 0 Å². The van der Waals surface area contributed by atoms with E-state index in [0.29, 0.717) is 19.6 Å². The van der Waals surface area contributed by atoms with Gasteiger partial charge in [0.05, 0.1) is 6.61 Å². The summed E-state index contributed by atoms with van der Waals surface area (Å²) in [6.45, 7) is 7.54. The second-order valence-electron chi connectivity index (χ2n) is 3.75. The van der Waals surface area contributed by atoms with Gasteiger partial charge in [-0.1, -0.05) is 6.08 Å². The molecule has 0 fully saturated rings. The van der Waals surface area contributed by atoms with Crippen molar-refractivity contribution in [3.63, 3.8) is 0 Å². The molecule has 2 N–H and O–H groups in total. The molecule has 0 unspecified atom stereocenters. The summed E-state index contributed by atoms with van der Waals surface area (Å²) in [6, 6.07) is 7.35. The third-order valence-corrected chi connectivity index (χ3v) is 2.27. The number of anilines is 1. The van der Waals surface area contributed by atoms with Crippen LogP contribution in [0.5, 0.6) is 5.75 Å². The molecule has 4 nitrogen and oxygen atoms in total. The quantitative estimate of drug-likeness (QED) is 0.547. The van der Waals surface area contributed by atoms with Crippen LogP contribution >= 0.6 is 0 Å². The lowest BCUT2D eigenvalue weighted by molar-refractivity contribution is -0.116. The second-order valence-corrected chi connectivity index (χ2v) is 3.75. The molecule has 1 amide bonds. The first-order valence-electron chi connectivity index (χ1n) is 6.10. The molecule has 18 heavy (non-hydrogen) atoms. The summed E-state index contributed by atoms with van der Waals surface area (Å²) >= 11 is 0. The van der Waals surface area contributed by atoms with E-state index in [1.807, 2.05) is 31.2 Å². The number of benzene rings is 1. The van der Waals surface area contributed by atoms with Crippen molar-refractivity contribution in [1.29, 1.82) is 0 Å². The van der Waals surface area contributed by atoms with Gasteiger partial charge in [0.2, 0.25) is 5.91 Å². The Hall–Kier alpha value is -1.81.